The lowest BCUT2D eigenvalue weighted by Crippen LogP contribution is -2.63. The standard InChI is InChI=1S/C34H37FN2O5S/c1-19-14-32-18-33(32,30(2)15-20(17-36)24(13-23(19)30)37-22-8-6-21(35)7-9-22)27(38)16-31(3)26(32)10-11-34(31,29(40)43)42-28(39)25-5-4-12-41-25/h4-9,12-13,17,19,26-27,38H,10-11,14-16,18,36H2,1-3H3,(H,40,43)/t19-,26?,27-,30-,31-,32?,33?,34-/m0/s1. The van der Waals surface area contributed by atoms with Crippen LogP contribution in [0.25, 0.3) is 0 Å². The first-order valence-electron chi connectivity index (χ1n) is 15.0. The molecule has 0 amide bonds. The Kier molecular flexibility index (Phi) is 6.10. The van der Waals surface area contributed by atoms with Crippen LogP contribution in [0.3, 0.4) is 0 Å². The van der Waals surface area contributed by atoms with E-state index in [2.05, 4.69) is 32.6 Å². The van der Waals surface area contributed by atoms with Crippen molar-refractivity contribution < 1.29 is 28.2 Å². The van der Waals surface area contributed by atoms with E-state index >= 15 is 0 Å². The second-order valence-corrected chi connectivity index (χ2v) is 14.3. The number of furan rings is 1. The third kappa shape index (κ3) is 3.49. The summed E-state index contributed by atoms with van der Waals surface area (Å²) in [5.41, 5.74) is 6.43. The van der Waals surface area contributed by atoms with Crippen molar-refractivity contribution in [2.45, 2.75) is 71.0 Å². The van der Waals surface area contributed by atoms with Crippen LogP contribution in [0.4, 0.5) is 10.1 Å². The maximum absolute atomic E-state index is 13.5. The van der Waals surface area contributed by atoms with Crippen LogP contribution >= 0.6 is 12.6 Å². The van der Waals surface area contributed by atoms with Crippen LogP contribution in [-0.2, 0) is 9.53 Å². The van der Waals surface area contributed by atoms with Crippen molar-refractivity contribution in [2.75, 3.05) is 0 Å². The van der Waals surface area contributed by atoms with Crippen LogP contribution in [-0.4, -0.2) is 33.6 Å². The van der Waals surface area contributed by atoms with Gasteiger partial charge in [0, 0.05) is 16.2 Å². The number of thiol groups is 1. The lowest BCUT2D eigenvalue weighted by molar-refractivity contribution is -0.177. The number of halogens is 1. The highest BCUT2D eigenvalue weighted by Gasteiger charge is 2.88. The average Bonchev–Trinajstić information content (AvgIpc) is 3.25. The van der Waals surface area contributed by atoms with Gasteiger partial charge in [0.05, 0.1) is 23.8 Å². The van der Waals surface area contributed by atoms with E-state index in [4.69, 9.17) is 19.9 Å². The summed E-state index contributed by atoms with van der Waals surface area (Å²) in [6.07, 6.45) is 8.04. The Morgan fingerprint density at radius 3 is 2.60 bits per heavy atom. The molecule has 5 aliphatic carbocycles. The molecule has 8 atom stereocenters. The molecule has 0 radical (unpaired) electrons. The molecule has 4 fully saturated rings. The summed E-state index contributed by atoms with van der Waals surface area (Å²) in [6.45, 7) is 6.49. The van der Waals surface area contributed by atoms with Gasteiger partial charge in [0.1, 0.15) is 5.82 Å². The Labute approximate surface area is 255 Å². The van der Waals surface area contributed by atoms with Gasteiger partial charge in [-0.2, -0.15) is 0 Å². The average molecular weight is 605 g/mol. The molecule has 0 bridgehead atoms. The highest BCUT2D eigenvalue weighted by Crippen LogP contribution is 2.90. The number of nitrogens with zero attached hydrogens (tertiary/aromatic N) is 1. The smallest absolute Gasteiger partial charge is 0.375 e. The van der Waals surface area contributed by atoms with Gasteiger partial charge in [0.25, 0.3) is 0 Å². The van der Waals surface area contributed by atoms with Crippen LogP contribution < -0.4 is 5.73 Å². The molecule has 3 unspecified atom stereocenters. The highest BCUT2D eigenvalue weighted by atomic mass is 32.1. The zero-order chi connectivity index (χ0) is 30.6. The fourth-order valence-corrected chi connectivity index (χ4v) is 11.1. The number of carbonyl (C=O) groups is 2. The van der Waals surface area contributed by atoms with Gasteiger partial charge in [0.2, 0.25) is 10.9 Å². The molecule has 0 aliphatic heterocycles. The molecule has 1 aromatic carbocycles. The molecular formula is C34H37FN2O5S. The topological polar surface area (TPSA) is 115 Å². The van der Waals surface area contributed by atoms with E-state index in [9.17, 15) is 19.1 Å². The maximum Gasteiger partial charge on any atom is 0.375 e. The summed E-state index contributed by atoms with van der Waals surface area (Å²) in [6, 6.07) is 9.21. The molecule has 9 heteroatoms. The molecule has 1 heterocycles. The van der Waals surface area contributed by atoms with Gasteiger partial charge in [-0.1, -0.05) is 26.3 Å². The van der Waals surface area contributed by atoms with E-state index in [0.717, 1.165) is 24.1 Å². The first kappa shape index (κ1) is 28.6. The number of benzene rings is 1. The normalized spacial score (nSPS) is 42.8. The van der Waals surface area contributed by atoms with Crippen molar-refractivity contribution >= 4 is 35.1 Å². The molecule has 3 N–H and O–H groups in total. The van der Waals surface area contributed by atoms with E-state index in [1.807, 2.05) is 6.92 Å². The van der Waals surface area contributed by atoms with Gasteiger partial charge in [-0.15, -0.1) is 12.6 Å². The summed E-state index contributed by atoms with van der Waals surface area (Å²) in [5.74, 6) is -0.750. The fraction of sp³-hybridized carbons (Fsp3) is 0.500. The van der Waals surface area contributed by atoms with Crippen molar-refractivity contribution in [3.05, 3.63) is 77.7 Å². The number of fused-ring (bicyclic) bond motifs is 2. The summed E-state index contributed by atoms with van der Waals surface area (Å²) >= 11 is 4.31. The van der Waals surface area contributed by atoms with Gasteiger partial charge in [-0.05, 0) is 110 Å². The second-order valence-electron chi connectivity index (χ2n) is 13.9. The number of hydrogen-bond acceptors (Lipinski definition) is 7. The van der Waals surface area contributed by atoms with Crippen molar-refractivity contribution in [1.29, 1.82) is 0 Å². The second kappa shape index (κ2) is 9.17. The van der Waals surface area contributed by atoms with Gasteiger partial charge in [0.15, 0.2) is 5.60 Å². The molecule has 7 nitrogen and oxygen atoms in total. The van der Waals surface area contributed by atoms with Crippen LogP contribution in [0.15, 0.2) is 75.5 Å². The lowest BCUT2D eigenvalue weighted by Gasteiger charge is -2.61. The van der Waals surface area contributed by atoms with Gasteiger partial charge >= 0.3 is 5.97 Å². The number of aliphatic hydroxyl groups is 1. The molecule has 226 valence electrons. The van der Waals surface area contributed by atoms with Crippen LogP contribution in [0.1, 0.15) is 69.9 Å². The molecule has 5 aliphatic rings. The number of ether oxygens (including phenoxy) is 1. The molecule has 4 saturated carbocycles. The van der Waals surface area contributed by atoms with Crippen LogP contribution in [0, 0.1) is 39.3 Å². The predicted molar refractivity (Wildman–Crippen MR) is 162 cm³/mol. The van der Waals surface area contributed by atoms with Gasteiger partial charge in [-0.3, -0.25) is 4.79 Å². The Balaban J connectivity index is 1.30. The Hall–Kier alpha value is -3.17. The molecule has 0 saturated heterocycles. The molecule has 2 aromatic rings. The number of carbonyl (C=O) groups excluding carboxylic acids is 2. The van der Waals surface area contributed by atoms with E-state index in [0.29, 0.717) is 31.4 Å². The fourth-order valence-electron chi connectivity index (χ4n) is 10.6. The molecule has 43 heavy (non-hydrogen) atoms. The van der Waals surface area contributed by atoms with Crippen molar-refractivity contribution in [3.8, 4) is 0 Å². The summed E-state index contributed by atoms with van der Waals surface area (Å²) in [7, 11) is 0. The van der Waals surface area contributed by atoms with Crippen molar-refractivity contribution in [2.24, 2.45) is 44.2 Å². The van der Waals surface area contributed by atoms with E-state index in [1.54, 1.807) is 24.4 Å². The lowest BCUT2D eigenvalue weighted by atomic mass is 9.43. The number of rotatable bonds is 4. The van der Waals surface area contributed by atoms with E-state index in [-0.39, 0.29) is 34.2 Å². The summed E-state index contributed by atoms with van der Waals surface area (Å²) in [5, 5.41) is 11.8. The van der Waals surface area contributed by atoms with E-state index in [1.165, 1.54) is 30.0 Å². The Bertz CT molecular complexity index is 1620. The first-order valence-corrected chi connectivity index (χ1v) is 15.5. The predicted octanol–water partition coefficient (Wildman–Crippen LogP) is 6.32. The zero-order valence-corrected chi connectivity index (χ0v) is 25.5. The SMILES string of the molecule is C[C@H]1CC23CC2([C@@H](O)C[C@@]2(C)C3CC[C@]2(OC(=O)c2ccco2)C(=O)S)[C@@]2(C)CC(=CN)C(=Nc3ccc(F)cc3)C=C12. The quantitative estimate of drug-likeness (QED) is 0.278. The Morgan fingerprint density at radius 1 is 1.21 bits per heavy atom. The summed E-state index contributed by atoms with van der Waals surface area (Å²) < 4.78 is 24.9. The van der Waals surface area contributed by atoms with E-state index < -0.39 is 33.6 Å². The number of aliphatic hydroxyl groups excluding tert-OH is 1. The number of allylic oxidation sites excluding steroid dienone is 3. The summed E-state index contributed by atoms with van der Waals surface area (Å²) in [4.78, 5) is 31.4. The van der Waals surface area contributed by atoms with Crippen LogP contribution in [0.2, 0.25) is 0 Å². The van der Waals surface area contributed by atoms with Gasteiger partial charge < -0.3 is 20.0 Å². The van der Waals surface area contributed by atoms with Gasteiger partial charge in [-0.25, -0.2) is 14.2 Å². The number of nitrogens with two attached hydrogens (primary N) is 1. The number of aliphatic imine (C=N–C) groups is 1. The maximum atomic E-state index is 13.5. The monoisotopic (exact) mass is 604 g/mol. The minimum atomic E-state index is -1.47. The zero-order valence-electron chi connectivity index (χ0n) is 24.6. The minimum Gasteiger partial charge on any atom is -0.457 e. The first-order chi connectivity index (χ1) is 20.4. The third-order valence-corrected chi connectivity index (χ3v) is 12.6. The largest absolute Gasteiger partial charge is 0.457 e. The third-order valence-electron chi connectivity index (χ3n) is 12.3. The molecular weight excluding hydrogens is 567 g/mol. The number of hydrogen-bond donors (Lipinski definition) is 3. The van der Waals surface area contributed by atoms with Crippen LogP contribution in [0.5, 0.6) is 0 Å². The number of esters is 1. The Morgan fingerprint density at radius 2 is 1.95 bits per heavy atom. The minimum absolute atomic E-state index is 0.0336. The molecule has 7 rings (SSSR count). The van der Waals surface area contributed by atoms with Crippen molar-refractivity contribution in [1.82, 2.24) is 0 Å². The van der Waals surface area contributed by atoms with Crippen molar-refractivity contribution in [3.63, 3.8) is 0 Å². The molecule has 1 aromatic heterocycles. The molecule has 0 spiro atoms. The highest BCUT2D eigenvalue weighted by molar-refractivity contribution is 7.96.